The maximum Gasteiger partial charge on any atom is 0.257 e. The highest BCUT2D eigenvalue weighted by Gasteiger charge is 2.16. The highest BCUT2D eigenvalue weighted by atomic mass is 127. The summed E-state index contributed by atoms with van der Waals surface area (Å²) in [6.07, 6.45) is 1.70. The smallest absolute Gasteiger partial charge is 0.257 e. The van der Waals surface area contributed by atoms with Crippen LogP contribution >= 0.6 is 34.8 Å². The molecule has 0 saturated carbocycles. The molecule has 8 heteroatoms. The van der Waals surface area contributed by atoms with Gasteiger partial charge in [-0.2, -0.15) is 0 Å². The topological polar surface area (TPSA) is 72.5 Å². The minimum Gasteiger partial charge on any atom is -0.454 e. The molecule has 0 spiro atoms. The van der Waals surface area contributed by atoms with Crippen LogP contribution in [0.15, 0.2) is 36.5 Å². The van der Waals surface area contributed by atoms with Crippen LogP contribution in [-0.2, 0) is 0 Å². The second kappa shape index (κ2) is 6.44. The van der Waals surface area contributed by atoms with E-state index < -0.39 is 0 Å². The van der Waals surface area contributed by atoms with Crippen LogP contribution in [0.4, 0.5) is 5.82 Å². The molecule has 0 fully saturated rings. The SMILES string of the molecule is O=C(NC(=S)Nc1ccc(I)cn1)c1ccc2c(c1)OCO2. The third kappa shape index (κ3) is 3.45. The molecule has 1 aliphatic heterocycles. The van der Waals surface area contributed by atoms with Gasteiger partial charge in [-0.15, -0.1) is 0 Å². The van der Waals surface area contributed by atoms with E-state index in [2.05, 4.69) is 38.2 Å². The molecule has 1 aromatic heterocycles. The number of carbonyl (C=O) groups excluding carboxylic acids is 1. The first-order valence-electron chi connectivity index (χ1n) is 6.25. The van der Waals surface area contributed by atoms with Gasteiger partial charge in [0, 0.05) is 15.3 Å². The summed E-state index contributed by atoms with van der Waals surface area (Å²) in [5.74, 6) is 1.41. The molecule has 0 bridgehead atoms. The number of hydrogen-bond acceptors (Lipinski definition) is 5. The fourth-order valence-corrected chi connectivity index (χ4v) is 2.33. The number of fused-ring (bicyclic) bond motifs is 1. The first-order valence-corrected chi connectivity index (χ1v) is 7.74. The summed E-state index contributed by atoms with van der Waals surface area (Å²) in [4.78, 5) is 16.3. The summed E-state index contributed by atoms with van der Waals surface area (Å²) in [5, 5.41) is 5.62. The molecular formula is C14H10IN3O3S. The van der Waals surface area contributed by atoms with Crippen LogP contribution in [0.3, 0.4) is 0 Å². The van der Waals surface area contributed by atoms with Crippen molar-refractivity contribution in [3.05, 3.63) is 45.7 Å². The van der Waals surface area contributed by atoms with Crippen molar-refractivity contribution in [1.82, 2.24) is 10.3 Å². The minimum atomic E-state index is -0.332. The third-order valence-corrected chi connectivity index (χ3v) is 3.67. The Balaban J connectivity index is 1.63. The second-order valence-corrected chi connectivity index (χ2v) is 5.99. The average molecular weight is 427 g/mol. The molecule has 0 saturated heterocycles. The van der Waals surface area contributed by atoms with Gasteiger partial charge in [-0.3, -0.25) is 10.1 Å². The van der Waals surface area contributed by atoms with Gasteiger partial charge in [-0.25, -0.2) is 4.98 Å². The van der Waals surface area contributed by atoms with Gasteiger partial charge < -0.3 is 14.8 Å². The zero-order valence-corrected chi connectivity index (χ0v) is 14.1. The summed E-state index contributed by atoms with van der Waals surface area (Å²) in [7, 11) is 0. The number of aromatic nitrogens is 1. The molecule has 112 valence electrons. The first-order chi connectivity index (χ1) is 10.6. The Morgan fingerprint density at radius 1 is 1.23 bits per heavy atom. The molecule has 0 aliphatic carbocycles. The number of thiocarbonyl (C=S) groups is 1. The number of pyridine rings is 1. The van der Waals surface area contributed by atoms with E-state index in [1.54, 1.807) is 30.5 Å². The Kier molecular flexibility index (Phi) is 4.39. The van der Waals surface area contributed by atoms with Crippen LogP contribution in [0.2, 0.25) is 0 Å². The van der Waals surface area contributed by atoms with Crippen molar-refractivity contribution in [1.29, 1.82) is 0 Å². The molecule has 1 amide bonds. The van der Waals surface area contributed by atoms with Gasteiger partial charge in [-0.05, 0) is 65.1 Å². The number of anilines is 1. The van der Waals surface area contributed by atoms with E-state index in [1.165, 1.54) is 0 Å². The van der Waals surface area contributed by atoms with Crippen LogP contribution in [0, 0.1) is 3.57 Å². The van der Waals surface area contributed by atoms with E-state index in [9.17, 15) is 4.79 Å². The molecule has 0 unspecified atom stereocenters. The van der Waals surface area contributed by atoms with Crippen molar-refractivity contribution in [2.75, 3.05) is 12.1 Å². The van der Waals surface area contributed by atoms with E-state index in [4.69, 9.17) is 21.7 Å². The normalized spacial score (nSPS) is 11.9. The fourth-order valence-electron chi connectivity index (χ4n) is 1.81. The summed E-state index contributed by atoms with van der Waals surface area (Å²) in [6.45, 7) is 0.166. The van der Waals surface area contributed by atoms with Gasteiger partial charge in [0.2, 0.25) is 6.79 Å². The van der Waals surface area contributed by atoms with E-state index >= 15 is 0 Å². The Labute approximate surface area is 145 Å². The first kappa shape index (κ1) is 15.0. The van der Waals surface area contributed by atoms with Gasteiger partial charge in [0.25, 0.3) is 5.91 Å². The molecule has 1 aromatic carbocycles. The van der Waals surface area contributed by atoms with Gasteiger partial charge >= 0.3 is 0 Å². The van der Waals surface area contributed by atoms with Crippen molar-refractivity contribution >= 4 is 51.6 Å². The zero-order valence-electron chi connectivity index (χ0n) is 11.1. The molecule has 2 aromatic rings. The van der Waals surface area contributed by atoms with Crippen LogP contribution < -0.4 is 20.1 Å². The monoisotopic (exact) mass is 427 g/mol. The number of halogens is 1. The quantitative estimate of drug-likeness (QED) is 0.567. The van der Waals surface area contributed by atoms with Gasteiger partial charge in [0.05, 0.1) is 0 Å². The largest absolute Gasteiger partial charge is 0.454 e. The lowest BCUT2D eigenvalue weighted by Gasteiger charge is -2.09. The summed E-state index contributed by atoms with van der Waals surface area (Å²) < 4.78 is 11.5. The second-order valence-electron chi connectivity index (χ2n) is 4.34. The van der Waals surface area contributed by atoms with Crippen LogP contribution in [0.25, 0.3) is 0 Å². The lowest BCUT2D eigenvalue weighted by atomic mass is 10.2. The molecular weight excluding hydrogens is 417 g/mol. The number of amides is 1. The van der Waals surface area contributed by atoms with Gasteiger partial charge in [0.15, 0.2) is 16.6 Å². The van der Waals surface area contributed by atoms with Crippen LogP contribution in [0.1, 0.15) is 10.4 Å². The molecule has 0 radical (unpaired) electrons. The number of ether oxygens (including phenoxy) is 2. The van der Waals surface area contributed by atoms with E-state index in [0.29, 0.717) is 22.9 Å². The Hall–Kier alpha value is -1.94. The van der Waals surface area contributed by atoms with Crippen molar-refractivity contribution < 1.29 is 14.3 Å². The molecule has 2 heterocycles. The highest BCUT2D eigenvalue weighted by Crippen LogP contribution is 2.32. The number of carbonyl (C=O) groups is 1. The minimum absolute atomic E-state index is 0.166. The predicted octanol–water partition coefficient (Wildman–Crippen LogP) is 2.54. The van der Waals surface area contributed by atoms with Gasteiger partial charge in [0.1, 0.15) is 5.82 Å². The van der Waals surface area contributed by atoms with Crippen molar-refractivity contribution in [2.45, 2.75) is 0 Å². The third-order valence-electron chi connectivity index (χ3n) is 2.83. The van der Waals surface area contributed by atoms with Crippen molar-refractivity contribution in [3.63, 3.8) is 0 Å². The lowest BCUT2D eigenvalue weighted by Crippen LogP contribution is -2.34. The molecule has 1 aliphatic rings. The van der Waals surface area contributed by atoms with Gasteiger partial charge in [-0.1, -0.05) is 0 Å². The number of hydrogen-bond donors (Lipinski definition) is 2. The van der Waals surface area contributed by atoms with Crippen molar-refractivity contribution in [2.24, 2.45) is 0 Å². The average Bonchev–Trinajstić information content (AvgIpc) is 2.97. The maximum absolute atomic E-state index is 12.1. The zero-order chi connectivity index (χ0) is 15.5. The Bertz CT molecular complexity index is 737. The lowest BCUT2D eigenvalue weighted by molar-refractivity contribution is 0.0977. The molecule has 6 nitrogen and oxygen atoms in total. The Morgan fingerprint density at radius 3 is 2.82 bits per heavy atom. The van der Waals surface area contributed by atoms with Crippen LogP contribution in [-0.4, -0.2) is 22.8 Å². The van der Waals surface area contributed by atoms with Crippen LogP contribution in [0.5, 0.6) is 11.5 Å². The van der Waals surface area contributed by atoms with E-state index in [1.807, 2.05) is 6.07 Å². The maximum atomic E-state index is 12.1. The van der Waals surface area contributed by atoms with E-state index in [-0.39, 0.29) is 17.8 Å². The molecule has 2 N–H and O–H groups in total. The van der Waals surface area contributed by atoms with Crippen molar-refractivity contribution in [3.8, 4) is 11.5 Å². The number of nitrogens with one attached hydrogen (secondary N) is 2. The predicted molar refractivity (Wildman–Crippen MR) is 93.2 cm³/mol. The fraction of sp³-hybridized carbons (Fsp3) is 0.0714. The number of benzene rings is 1. The van der Waals surface area contributed by atoms with E-state index in [0.717, 1.165) is 3.57 Å². The number of nitrogens with zero attached hydrogens (tertiary/aromatic N) is 1. The molecule has 0 atom stereocenters. The highest BCUT2D eigenvalue weighted by molar-refractivity contribution is 14.1. The molecule has 22 heavy (non-hydrogen) atoms. The standard InChI is InChI=1S/C14H10IN3O3S/c15-9-2-4-12(16-6-9)17-14(22)18-13(19)8-1-3-10-11(5-8)21-7-20-10/h1-6H,7H2,(H2,16,17,18,19,22). The number of rotatable bonds is 2. The summed E-state index contributed by atoms with van der Waals surface area (Å²) in [5.41, 5.74) is 0.434. The Morgan fingerprint density at radius 2 is 2.05 bits per heavy atom. The summed E-state index contributed by atoms with van der Waals surface area (Å²) >= 11 is 7.26. The summed E-state index contributed by atoms with van der Waals surface area (Å²) in [6, 6.07) is 8.62. The molecule has 3 rings (SSSR count).